The minimum atomic E-state index is 0.101. The zero-order valence-corrected chi connectivity index (χ0v) is 16.4. The van der Waals surface area contributed by atoms with Crippen molar-refractivity contribution in [2.75, 3.05) is 31.6 Å². The largest absolute Gasteiger partial charge is 0.378 e. The average Bonchev–Trinajstić information content (AvgIpc) is 3.24. The average molecular weight is 395 g/mol. The van der Waals surface area contributed by atoms with E-state index in [0.29, 0.717) is 38.1 Å². The number of anilines is 1. The van der Waals surface area contributed by atoms with Crippen molar-refractivity contribution >= 4 is 23.2 Å². The number of nitrogens with zero attached hydrogens (tertiary/aromatic N) is 1. The monoisotopic (exact) mass is 394 g/mol. The van der Waals surface area contributed by atoms with Crippen LogP contribution in [0.3, 0.4) is 0 Å². The predicted molar refractivity (Wildman–Crippen MR) is 111 cm³/mol. The zero-order valence-electron chi connectivity index (χ0n) is 15.6. The number of allylic oxidation sites excluding steroid dienone is 2. The van der Waals surface area contributed by atoms with Crippen LogP contribution in [-0.2, 0) is 4.74 Å². The third kappa shape index (κ3) is 3.11. The van der Waals surface area contributed by atoms with Crippen molar-refractivity contribution in [3.8, 4) is 0 Å². The van der Waals surface area contributed by atoms with Crippen molar-refractivity contribution in [1.29, 1.82) is 0 Å². The molecule has 3 aliphatic rings. The van der Waals surface area contributed by atoms with Crippen LogP contribution in [0.15, 0.2) is 54.6 Å². The summed E-state index contributed by atoms with van der Waals surface area (Å²) in [6.45, 7) is 2.57. The Kier molecular flexibility index (Phi) is 4.61. The number of hydrogen-bond acceptors (Lipinski definition) is 3. The van der Waals surface area contributed by atoms with Gasteiger partial charge >= 0.3 is 0 Å². The molecule has 1 saturated heterocycles. The van der Waals surface area contributed by atoms with Crippen LogP contribution in [0.5, 0.6) is 0 Å². The quantitative estimate of drug-likeness (QED) is 0.754. The van der Waals surface area contributed by atoms with Gasteiger partial charge in [0.15, 0.2) is 0 Å². The Morgan fingerprint density at radius 1 is 1.11 bits per heavy atom. The van der Waals surface area contributed by atoms with Crippen molar-refractivity contribution in [2.24, 2.45) is 5.92 Å². The van der Waals surface area contributed by atoms with Crippen LogP contribution in [0.2, 0.25) is 5.02 Å². The minimum Gasteiger partial charge on any atom is -0.378 e. The van der Waals surface area contributed by atoms with Gasteiger partial charge < -0.3 is 15.0 Å². The van der Waals surface area contributed by atoms with Gasteiger partial charge in [0.2, 0.25) is 0 Å². The Hall–Kier alpha value is -2.30. The lowest BCUT2D eigenvalue weighted by molar-refractivity contribution is 0.0303. The van der Waals surface area contributed by atoms with Gasteiger partial charge in [-0.05, 0) is 53.8 Å². The summed E-state index contributed by atoms with van der Waals surface area (Å²) in [6, 6.07) is 14.5. The summed E-state index contributed by atoms with van der Waals surface area (Å²) in [5.41, 5.74) is 4.36. The second-order valence-corrected chi connectivity index (χ2v) is 8.17. The Balaban J connectivity index is 1.47. The van der Waals surface area contributed by atoms with Crippen LogP contribution in [0.25, 0.3) is 0 Å². The first-order valence-electron chi connectivity index (χ1n) is 9.90. The van der Waals surface area contributed by atoms with Gasteiger partial charge in [0.1, 0.15) is 0 Å². The van der Waals surface area contributed by atoms with E-state index in [4.69, 9.17) is 16.3 Å². The molecule has 4 nitrogen and oxygen atoms in total. The Morgan fingerprint density at radius 2 is 1.89 bits per heavy atom. The van der Waals surface area contributed by atoms with E-state index in [-0.39, 0.29) is 11.9 Å². The number of carbonyl (C=O) groups is 1. The molecule has 2 heterocycles. The fraction of sp³-hybridized carbons (Fsp3) is 0.348. The molecule has 0 unspecified atom stereocenters. The number of benzene rings is 2. The van der Waals surface area contributed by atoms with Crippen LogP contribution >= 0.6 is 11.6 Å². The number of fused-ring (bicyclic) bond motifs is 3. The van der Waals surface area contributed by atoms with E-state index in [9.17, 15) is 4.79 Å². The fourth-order valence-electron chi connectivity index (χ4n) is 4.68. The molecular weight excluding hydrogens is 372 g/mol. The zero-order chi connectivity index (χ0) is 19.1. The smallest absolute Gasteiger partial charge is 0.254 e. The molecule has 0 radical (unpaired) electrons. The normalized spacial score (nSPS) is 25.8. The number of morpholine rings is 1. The van der Waals surface area contributed by atoms with Crippen LogP contribution in [0.4, 0.5) is 5.69 Å². The highest BCUT2D eigenvalue weighted by atomic mass is 35.5. The maximum atomic E-state index is 12.9. The summed E-state index contributed by atoms with van der Waals surface area (Å²) >= 11 is 6.08. The predicted octanol–water partition coefficient (Wildman–Crippen LogP) is 4.64. The van der Waals surface area contributed by atoms with E-state index in [1.807, 2.05) is 23.1 Å². The molecule has 0 spiro atoms. The van der Waals surface area contributed by atoms with E-state index >= 15 is 0 Å². The molecule has 1 aliphatic carbocycles. The lowest BCUT2D eigenvalue weighted by Crippen LogP contribution is -2.40. The summed E-state index contributed by atoms with van der Waals surface area (Å²) in [4.78, 5) is 14.8. The van der Waals surface area contributed by atoms with Gasteiger partial charge in [-0.2, -0.15) is 0 Å². The first-order chi connectivity index (χ1) is 13.7. The third-order valence-electron chi connectivity index (χ3n) is 6.14. The molecule has 144 valence electrons. The van der Waals surface area contributed by atoms with Crippen molar-refractivity contribution in [3.05, 3.63) is 76.3 Å². The van der Waals surface area contributed by atoms with Crippen molar-refractivity contribution in [3.63, 3.8) is 0 Å². The van der Waals surface area contributed by atoms with Gasteiger partial charge in [0, 0.05) is 35.3 Å². The number of halogens is 1. The van der Waals surface area contributed by atoms with E-state index in [1.165, 1.54) is 11.1 Å². The number of ether oxygens (including phenoxy) is 1. The highest BCUT2D eigenvalue weighted by Gasteiger charge is 2.38. The van der Waals surface area contributed by atoms with Gasteiger partial charge in [-0.3, -0.25) is 4.79 Å². The summed E-state index contributed by atoms with van der Waals surface area (Å²) in [6.07, 6.45) is 5.60. The van der Waals surface area contributed by atoms with Gasteiger partial charge in [-0.25, -0.2) is 0 Å². The standard InChI is InChI=1S/C23H23ClN2O2/c24-17-7-4-15(5-8-17)22-19-3-1-2-18(19)20-14-16(6-9-21(20)25-22)23(27)26-10-12-28-13-11-26/h1-2,4-9,14,18-19,22,25H,3,10-13H2/t18-,19+,22-/m0/s1. The SMILES string of the molecule is O=C(c1ccc2c(c1)[C@H]1C=CC[C@H]1[C@H](c1ccc(Cl)cc1)N2)N1CCOCC1. The van der Waals surface area contributed by atoms with Gasteiger partial charge in [-0.15, -0.1) is 0 Å². The summed E-state index contributed by atoms with van der Waals surface area (Å²) in [5, 5.41) is 4.48. The van der Waals surface area contributed by atoms with E-state index in [2.05, 4.69) is 41.7 Å². The molecule has 1 fully saturated rings. The maximum absolute atomic E-state index is 12.9. The van der Waals surface area contributed by atoms with Crippen molar-refractivity contribution in [2.45, 2.75) is 18.4 Å². The van der Waals surface area contributed by atoms with Gasteiger partial charge in [-0.1, -0.05) is 35.9 Å². The second kappa shape index (κ2) is 7.26. The molecule has 2 aliphatic heterocycles. The lowest BCUT2D eigenvalue weighted by Gasteiger charge is -2.38. The summed E-state index contributed by atoms with van der Waals surface area (Å²) in [5.74, 6) is 0.876. The molecule has 0 saturated carbocycles. The Labute approximate surface area is 170 Å². The number of amides is 1. The summed E-state index contributed by atoms with van der Waals surface area (Å²) in [7, 11) is 0. The number of hydrogen-bond donors (Lipinski definition) is 1. The molecule has 3 atom stereocenters. The van der Waals surface area contributed by atoms with E-state index < -0.39 is 0 Å². The van der Waals surface area contributed by atoms with Crippen molar-refractivity contribution < 1.29 is 9.53 Å². The minimum absolute atomic E-state index is 0.101. The van der Waals surface area contributed by atoms with E-state index in [1.54, 1.807) is 0 Å². The Morgan fingerprint density at radius 3 is 2.68 bits per heavy atom. The van der Waals surface area contributed by atoms with Crippen molar-refractivity contribution in [1.82, 2.24) is 4.90 Å². The fourth-order valence-corrected chi connectivity index (χ4v) is 4.80. The topological polar surface area (TPSA) is 41.6 Å². The maximum Gasteiger partial charge on any atom is 0.254 e. The third-order valence-corrected chi connectivity index (χ3v) is 6.39. The molecule has 2 aromatic rings. The molecule has 2 aromatic carbocycles. The molecule has 5 heteroatoms. The summed E-state index contributed by atoms with van der Waals surface area (Å²) < 4.78 is 5.37. The second-order valence-electron chi connectivity index (χ2n) is 7.73. The van der Waals surface area contributed by atoms with Crippen LogP contribution in [0.1, 0.15) is 39.9 Å². The van der Waals surface area contributed by atoms with Gasteiger partial charge in [0.05, 0.1) is 19.3 Å². The first-order valence-corrected chi connectivity index (χ1v) is 10.3. The van der Waals surface area contributed by atoms with Gasteiger partial charge in [0.25, 0.3) is 5.91 Å². The highest BCUT2D eigenvalue weighted by molar-refractivity contribution is 6.30. The molecule has 0 bridgehead atoms. The van der Waals surface area contributed by atoms with E-state index in [0.717, 1.165) is 22.7 Å². The lowest BCUT2D eigenvalue weighted by atomic mass is 9.76. The molecular formula is C23H23ClN2O2. The molecule has 0 aromatic heterocycles. The van der Waals surface area contributed by atoms with Crippen LogP contribution in [-0.4, -0.2) is 37.1 Å². The number of rotatable bonds is 2. The number of nitrogens with one attached hydrogen (secondary N) is 1. The Bertz CT molecular complexity index is 919. The van der Waals surface area contributed by atoms with Crippen LogP contribution < -0.4 is 5.32 Å². The van der Waals surface area contributed by atoms with Crippen LogP contribution in [0, 0.1) is 5.92 Å². The molecule has 5 rings (SSSR count). The molecule has 1 N–H and O–H groups in total. The molecule has 1 amide bonds. The molecule has 28 heavy (non-hydrogen) atoms. The number of carbonyl (C=O) groups excluding carboxylic acids is 1. The first kappa shape index (κ1) is 17.8. The highest BCUT2D eigenvalue weighted by Crippen LogP contribution is 2.50.